The molecule has 2 amide bonds. The Bertz CT molecular complexity index is 978. The maximum absolute atomic E-state index is 13.8. The number of carbonyl (C=O) groups excluding carboxylic acids is 2. The molecule has 0 radical (unpaired) electrons. The Labute approximate surface area is 168 Å². The normalized spacial score (nSPS) is 29.7. The maximum atomic E-state index is 13.8. The molecule has 4 atom stereocenters. The van der Waals surface area contributed by atoms with E-state index in [-0.39, 0.29) is 41.9 Å². The largest absolute Gasteiger partial charge is 0.467 e. The number of fused-ring (bicyclic) bond motifs is 3. The number of hydrogen-bond acceptors (Lipinski definition) is 3. The fourth-order valence-electron chi connectivity index (χ4n) is 5.24. The molecule has 2 bridgehead atoms. The minimum absolute atomic E-state index is 0.0414. The molecule has 150 valence electrons. The molecular weight excluding hydrogens is 371 g/mol. The Morgan fingerprint density at radius 3 is 2.76 bits per heavy atom. The van der Waals surface area contributed by atoms with Crippen LogP contribution in [-0.4, -0.2) is 17.5 Å². The Kier molecular flexibility index (Phi) is 4.30. The fourth-order valence-corrected chi connectivity index (χ4v) is 5.24. The van der Waals surface area contributed by atoms with Crippen LogP contribution in [-0.2, 0) is 11.3 Å². The van der Waals surface area contributed by atoms with Crippen LogP contribution >= 0.6 is 0 Å². The molecule has 0 saturated heterocycles. The van der Waals surface area contributed by atoms with Crippen LogP contribution in [0.5, 0.6) is 5.75 Å². The number of carbonyl (C=O) groups is 2. The van der Waals surface area contributed by atoms with Gasteiger partial charge in [0.15, 0.2) is 5.72 Å². The van der Waals surface area contributed by atoms with Gasteiger partial charge in [0.2, 0.25) is 5.91 Å². The molecule has 4 aliphatic rings. The first-order chi connectivity index (χ1) is 14.1. The van der Waals surface area contributed by atoms with Crippen molar-refractivity contribution in [2.45, 2.75) is 38.0 Å². The zero-order chi connectivity index (χ0) is 20.0. The molecule has 1 heterocycles. The lowest BCUT2D eigenvalue weighted by Gasteiger charge is -2.55. The first-order valence-electron chi connectivity index (χ1n) is 10.2. The Balaban J connectivity index is 1.30. The molecule has 1 aliphatic heterocycles. The highest BCUT2D eigenvalue weighted by Crippen LogP contribution is 2.52. The highest BCUT2D eigenvalue weighted by Gasteiger charge is 2.57. The van der Waals surface area contributed by atoms with Gasteiger partial charge in [-0.25, -0.2) is 4.39 Å². The van der Waals surface area contributed by atoms with E-state index in [2.05, 4.69) is 10.6 Å². The Hall–Kier alpha value is -2.89. The lowest BCUT2D eigenvalue weighted by molar-refractivity contribution is -0.146. The molecule has 6 rings (SSSR count). The van der Waals surface area contributed by atoms with Crippen molar-refractivity contribution < 1.29 is 18.7 Å². The van der Waals surface area contributed by atoms with Gasteiger partial charge in [0.05, 0.1) is 5.56 Å². The van der Waals surface area contributed by atoms with Gasteiger partial charge in [-0.2, -0.15) is 0 Å². The second-order valence-corrected chi connectivity index (χ2v) is 8.33. The van der Waals surface area contributed by atoms with Gasteiger partial charge in [0.25, 0.3) is 5.91 Å². The van der Waals surface area contributed by atoms with Crippen molar-refractivity contribution in [1.82, 2.24) is 10.6 Å². The summed E-state index contributed by atoms with van der Waals surface area (Å²) in [5, 5.41) is 6.00. The van der Waals surface area contributed by atoms with Gasteiger partial charge in [0.1, 0.15) is 11.6 Å². The lowest BCUT2D eigenvalue weighted by Crippen LogP contribution is -2.66. The molecule has 0 aromatic heterocycles. The molecule has 5 nitrogen and oxygen atoms in total. The number of para-hydroxylation sites is 1. The summed E-state index contributed by atoms with van der Waals surface area (Å²) < 4.78 is 20.1. The van der Waals surface area contributed by atoms with E-state index in [9.17, 15) is 14.0 Å². The molecule has 2 N–H and O–H groups in total. The summed E-state index contributed by atoms with van der Waals surface area (Å²) in [6.45, 7) is 0.186. The van der Waals surface area contributed by atoms with E-state index in [1.54, 1.807) is 24.3 Å². The zero-order valence-corrected chi connectivity index (χ0v) is 16.0. The smallest absolute Gasteiger partial charge is 0.258 e. The van der Waals surface area contributed by atoms with Gasteiger partial charge < -0.3 is 15.4 Å². The number of amides is 2. The first-order valence-corrected chi connectivity index (χ1v) is 10.2. The van der Waals surface area contributed by atoms with Crippen molar-refractivity contribution in [2.24, 2.45) is 17.8 Å². The highest BCUT2D eigenvalue weighted by atomic mass is 19.1. The van der Waals surface area contributed by atoms with Crippen molar-refractivity contribution in [1.29, 1.82) is 0 Å². The van der Waals surface area contributed by atoms with E-state index in [0.29, 0.717) is 29.7 Å². The molecule has 3 aliphatic carbocycles. The molecule has 3 fully saturated rings. The number of nitrogens with one attached hydrogen (secondary N) is 2. The van der Waals surface area contributed by atoms with E-state index in [1.165, 1.54) is 6.07 Å². The van der Waals surface area contributed by atoms with Crippen LogP contribution in [0.3, 0.4) is 0 Å². The standard InChI is InChI=1S/C23H23FN2O3/c24-19-7-3-1-5-15(19)13-25-21(27)18-11-16-10-9-14(18)12-23(16)26-22(28)17-6-2-4-8-20(17)29-23/h1-8,14,16,18H,9-13H2,(H,25,27)(H,26,28)/t14-,16+,18-,23-/m1/s1. The van der Waals surface area contributed by atoms with Gasteiger partial charge in [-0.15, -0.1) is 0 Å². The minimum atomic E-state index is -0.726. The summed E-state index contributed by atoms with van der Waals surface area (Å²) in [5.74, 6) is 0.225. The van der Waals surface area contributed by atoms with Crippen LogP contribution in [0.1, 0.15) is 41.6 Å². The van der Waals surface area contributed by atoms with Gasteiger partial charge in [-0.3, -0.25) is 9.59 Å². The van der Waals surface area contributed by atoms with Gasteiger partial charge in [-0.1, -0.05) is 30.3 Å². The molecule has 1 spiro atoms. The summed E-state index contributed by atoms with van der Waals surface area (Å²) in [5.41, 5.74) is 0.313. The van der Waals surface area contributed by atoms with Crippen LogP contribution in [0.15, 0.2) is 48.5 Å². The van der Waals surface area contributed by atoms with Crippen LogP contribution in [0.25, 0.3) is 0 Å². The van der Waals surface area contributed by atoms with Crippen molar-refractivity contribution >= 4 is 11.8 Å². The summed E-state index contributed by atoms with van der Waals surface area (Å²) in [4.78, 5) is 25.5. The second kappa shape index (κ2) is 6.87. The van der Waals surface area contributed by atoms with Gasteiger partial charge in [-0.05, 0) is 43.4 Å². The van der Waals surface area contributed by atoms with Gasteiger partial charge in [0, 0.05) is 30.4 Å². The van der Waals surface area contributed by atoms with Gasteiger partial charge >= 0.3 is 0 Å². The van der Waals surface area contributed by atoms with Crippen LogP contribution < -0.4 is 15.4 Å². The number of rotatable bonds is 3. The maximum Gasteiger partial charge on any atom is 0.258 e. The van der Waals surface area contributed by atoms with Crippen LogP contribution in [0.4, 0.5) is 4.39 Å². The number of ether oxygens (including phenoxy) is 1. The molecular formula is C23H23FN2O3. The minimum Gasteiger partial charge on any atom is -0.467 e. The second-order valence-electron chi connectivity index (χ2n) is 8.33. The summed E-state index contributed by atoms with van der Waals surface area (Å²) in [6.07, 6.45) is 3.14. The highest BCUT2D eigenvalue weighted by molar-refractivity contribution is 5.98. The van der Waals surface area contributed by atoms with Crippen LogP contribution in [0.2, 0.25) is 0 Å². The molecule has 2 aromatic rings. The van der Waals surface area contributed by atoms with E-state index < -0.39 is 5.72 Å². The number of hydrogen-bond donors (Lipinski definition) is 2. The summed E-state index contributed by atoms with van der Waals surface area (Å²) in [7, 11) is 0. The molecule has 29 heavy (non-hydrogen) atoms. The zero-order valence-electron chi connectivity index (χ0n) is 16.0. The third-order valence-electron chi connectivity index (χ3n) is 6.71. The average Bonchev–Trinajstić information content (AvgIpc) is 2.73. The van der Waals surface area contributed by atoms with E-state index >= 15 is 0 Å². The third kappa shape index (κ3) is 3.07. The molecule has 6 heteroatoms. The molecule has 3 saturated carbocycles. The van der Waals surface area contributed by atoms with E-state index in [0.717, 1.165) is 12.8 Å². The van der Waals surface area contributed by atoms with Crippen molar-refractivity contribution in [3.05, 3.63) is 65.5 Å². The Morgan fingerprint density at radius 2 is 1.97 bits per heavy atom. The topological polar surface area (TPSA) is 67.4 Å². The third-order valence-corrected chi connectivity index (χ3v) is 6.71. The van der Waals surface area contributed by atoms with Crippen molar-refractivity contribution in [3.63, 3.8) is 0 Å². The first kappa shape index (κ1) is 18.2. The molecule has 0 unspecified atom stereocenters. The van der Waals surface area contributed by atoms with Crippen molar-refractivity contribution in [2.75, 3.05) is 0 Å². The summed E-state index contributed by atoms with van der Waals surface area (Å²) >= 11 is 0. The lowest BCUT2D eigenvalue weighted by atomic mass is 9.60. The quantitative estimate of drug-likeness (QED) is 0.839. The van der Waals surface area contributed by atoms with Crippen molar-refractivity contribution in [3.8, 4) is 5.75 Å². The monoisotopic (exact) mass is 394 g/mol. The SMILES string of the molecule is O=C1N[C@]2(C[C@H]3CC[C@H]2C[C@H]3C(=O)NCc2ccccc2F)Oc2ccccc21. The van der Waals surface area contributed by atoms with E-state index in [4.69, 9.17) is 4.74 Å². The van der Waals surface area contributed by atoms with E-state index in [1.807, 2.05) is 18.2 Å². The summed E-state index contributed by atoms with van der Waals surface area (Å²) in [6, 6.07) is 13.8. The number of halogens is 1. The average molecular weight is 394 g/mol. The predicted octanol–water partition coefficient (Wildman–Crippen LogP) is 3.40. The Morgan fingerprint density at radius 1 is 1.17 bits per heavy atom. The predicted molar refractivity (Wildman–Crippen MR) is 104 cm³/mol. The van der Waals surface area contributed by atoms with Crippen LogP contribution in [0, 0.1) is 23.6 Å². The molecule has 2 aromatic carbocycles. The fraction of sp³-hybridized carbons (Fsp3) is 0.391. The number of benzene rings is 2.